The third kappa shape index (κ3) is 1.69. The Morgan fingerprint density at radius 1 is 1.56 bits per heavy atom. The van der Waals surface area contributed by atoms with Crippen molar-refractivity contribution in [1.29, 1.82) is 0 Å². The van der Waals surface area contributed by atoms with Gasteiger partial charge in [-0.15, -0.1) is 0 Å². The third-order valence-electron chi connectivity index (χ3n) is 2.79. The van der Waals surface area contributed by atoms with E-state index in [1.54, 1.807) is 0 Å². The SMILES string of the molecule is Nc1ccnc(=O)n1[C@]1(O)O[C@H](CO)[C@@H](O)[C@@H]1O. The van der Waals surface area contributed by atoms with Crippen LogP contribution in [-0.4, -0.2) is 54.9 Å². The van der Waals surface area contributed by atoms with Crippen LogP contribution in [0.15, 0.2) is 17.1 Å². The molecule has 1 aliphatic rings. The predicted molar refractivity (Wildman–Crippen MR) is 57.1 cm³/mol. The molecule has 9 heteroatoms. The van der Waals surface area contributed by atoms with E-state index >= 15 is 0 Å². The maximum Gasteiger partial charge on any atom is 0.353 e. The number of rotatable bonds is 2. The van der Waals surface area contributed by atoms with Crippen LogP contribution in [0, 0.1) is 0 Å². The van der Waals surface area contributed by atoms with Crippen molar-refractivity contribution in [3.8, 4) is 0 Å². The second-order valence-electron chi connectivity index (χ2n) is 3.92. The Morgan fingerprint density at radius 3 is 2.72 bits per heavy atom. The number of nitrogen functional groups attached to an aromatic ring is 1. The highest BCUT2D eigenvalue weighted by atomic mass is 16.7. The number of nitrogens with zero attached hydrogens (tertiary/aromatic N) is 2. The lowest BCUT2D eigenvalue weighted by molar-refractivity contribution is -0.289. The monoisotopic (exact) mass is 259 g/mol. The molecule has 100 valence electrons. The third-order valence-corrected chi connectivity index (χ3v) is 2.79. The average Bonchev–Trinajstić information content (AvgIpc) is 2.54. The molecule has 2 heterocycles. The number of aromatic nitrogens is 2. The van der Waals surface area contributed by atoms with Crippen LogP contribution in [0.25, 0.3) is 0 Å². The minimum Gasteiger partial charge on any atom is -0.394 e. The first-order chi connectivity index (χ1) is 8.41. The smallest absolute Gasteiger partial charge is 0.353 e. The molecule has 1 aromatic rings. The normalized spacial score (nSPS) is 35.9. The highest BCUT2D eigenvalue weighted by molar-refractivity contribution is 5.27. The highest BCUT2D eigenvalue weighted by Crippen LogP contribution is 2.33. The Balaban J connectivity index is 2.53. The van der Waals surface area contributed by atoms with Gasteiger partial charge in [0.1, 0.15) is 18.0 Å². The van der Waals surface area contributed by atoms with E-state index in [-0.39, 0.29) is 5.82 Å². The fraction of sp³-hybridized carbons (Fsp3) is 0.556. The summed E-state index contributed by atoms with van der Waals surface area (Å²) >= 11 is 0. The van der Waals surface area contributed by atoms with E-state index < -0.39 is 36.5 Å². The van der Waals surface area contributed by atoms with Crippen LogP contribution in [0.5, 0.6) is 0 Å². The molecule has 0 unspecified atom stereocenters. The van der Waals surface area contributed by atoms with E-state index in [0.717, 1.165) is 6.20 Å². The fourth-order valence-electron chi connectivity index (χ4n) is 1.86. The van der Waals surface area contributed by atoms with Gasteiger partial charge in [-0.3, -0.25) is 0 Å². The average molecular weight is 259 g/mol. The molecule has 0 aromatic carbocycles. The number of anilines is 1. The molecule has 1 fully saturated rings. The predicted octanol–water partition coefficient (Wildman–Crippen LogP) is -3.46. The lowest BCUT2D eigenvalue weighted by Gasteiger charge is -2.28. The molecule has 0 aliphatic carbocycles. The molecule has 1 aromatic heterocycles. The highest BCUT2D eigenvalue weighted by Gasteiger charge is 2.56. The van der Waals surface area contributed by atoms with Gasteiger partial charge in [-0.05, 0) is 6.07 Å². The summed E-state index contributed by atoms with van der Waals surface area (Å²) < 4.78 is 5.43. The van der Waals surface area contributed by atoms with Gasteiger partial charge in [-0.2, -0.15) is 0 Å². The van der Waals surface area contributed by atoms with Crippen LogP contribution in [0.3, 0.4) is 0 Å². The van der Waals surface area contributed by atoms with E-state index in [1.165, 1.54) is 6.07 Å². The summed E-state index contributed by atoms with van der Waals surface area (Å²) in [6.07, 6.45) is -3.53. The Hall–Kier alpha value is -1.52. The molecular weight excluding hydrogens is 246 g/mol. The topological polar surface area (TPSA) is 151 Å². The molecule has 6 N–H and O–H groups in total. The van der Waals surface area contributed by atoms with E-state index in [0.29, 0.717) is 4.57 Å². The number of nitrogens with two attached hydrogens (primary N) is 1. The number of hydrogen-bond donors (Lipinski definition) is 5. The van der Waals surface area contributed by atoms with E-state index in [4.69, 9.17) is 15.6 Å². The largest absolute Gasteiger partial charge is 0.394 e. The van der Waals surface area contributed by atoms with Gasteiger partial charge < -0.3 is 30.9 Å². The summed E-state index contributed by atoms with van der Waals surface area (Å²) in [6, 6.07) is 1.22. The molecular formula is C9H13N3O6. The molecule has 1 saturated heterocycles. The van der Waals surface area contributed by atoms with Crippen LogP contribution in [0.1, 0.15) is 0 Å². The van der Waals surface area contributed by atoms with Crippen LogP contribution >= 0.6 is 0 Å². The van der Waals surface area contributed by atoms with Crippen molar-refractivity contribution < 1.29 is 25.2 Å². The number of aliphatic hydroxyl groups is 4. The molecule has 2 rings (SSSR count). The Labute approximate surface area is 101 Å². The first kappa shape index (κ1) is 12.9. The van der Waals surface area contributed by atoms with Gasteiger partial charge in [-0.25, -0.2) is 14.3 Å². The fourth-order valence-corrected chi connectivity index (χ4v) is 1.86. The quantitative estimate of drug-likeness (QED) is 0.367. The van der Waals surface area contributed by atoms with Crippen molar-refractivity contribution in [3.63, 3.8) is 0 Å². The molecule has 0 bridgehead atoms. The van der Waals surface area contributed by atoms with Crippen LogP contribution in [0.2, 0.25) is 0 Å². The zero-order valence-electron chi connectivity index (χ0n) is 9.17. The first-order valence-corrected chi connectivity index (χ1v) is 5.13. The zero-order valence-corrected chi connectivity index (χ0v) is 9.17. The summed E-state index contributed by atoms with van der Waals surface area (Å²) in [4.78, 5) is 14.9. The molecule has 9 nitrogen and oxygen atoms in total. The van der Waals surface area contributed by atoms with Crippen molar-refractivity contribution in [3.05, 3.63) is 22.7 Å². The maximum absolute atomic E-state index is 11.6. The summed E-state index contributed by atoms with van der Waals surface area (Å²) in [5.74, 6) is -2.77. The zero-order chi connectivity index (χ0) is 13.5. The minimum atomic E-state index is -2.57. The molecule has 0 radical (unpaired) electrons. The van der Waals surface area contributed by atoms with Crippen LogP contribution in [-0.2, 0) is 10.6 Å². The van der Waals surface area contributed by atoms with Crippen molar-refractivity contribution in [1.82, 2.24) is 9.55 Å². The van der Waals surface area contributed by atoms with E-state index in [1.807, 2.05) is 0 Å². The Morgan fingerprint density at radius 2 is 2.22 bits per heavy atom. The number of aliphatic hydroxyl groups excluding tert-OH is 3. The van der Waals surface area contributed by atoms with Gasteiger partial charge in [0.25, 0.3) is 5.91 Å². The second-order valence-corrected chi connectivity index (χ2v) is 3.92. The van der Waals surface area contributed by atoms with Gasteiger partial charge in [0.15, 0.2) is 6.10 Å². The lowest BCUT2D eigenvalue weighted by atomic mass is 10.1. The van der Waals surface area contributed by atoms with Gasteiger partial charge in [0, 0.05) is 6.20 Å². The summed E-state index contributed by atoms with van der Waals surface area (Å²) in [5, 5.41) is 38.4. The van der Waals surface area contributed by atoms with Crippen LogP contribution in [0.4, 0.5) is 5.82 Å². The van der Waals surface area contributed by atoms with E-state index in [2.05, 4.69) is 4.98 Å². The standard InChI is InChI=1S/C9H13N3O6/c10-5-1-2-11-8(16)12(5)9(17)7(15)6(14)4(3-13)18-9/h1-2,4,6-7,13-15,17H,3,10H2/t4-,6-,7+,9-/m1/s1. The van der Waals surface area contributed by atoms with Crippen LogP contribution < -0.4 is 11.4 Å². The maximum atomic E-state index is 11.6. The Bertz CT molecular complexity index is 505. The van der Waals surface area contributed by atoms with E-state index in [9.17, 15) is 20.1 Å². The second kappa shape index (κ2) is 4.30. The molecule has 1 aliphatic heterocycles. The molecule has 18 heavy (non-hydrogen) atoms. The lowest BCUT2D eigenvalue weighted by Crippen LogP contribution is -2.51. The summed E-state index contributed by atoms with van der Waals surface area (Å²) in [7, 11) is 0. The van der Waals surface area contributed by atoms with Gasteiger partial charge >= 0.3 is 5.69 Å². The molecule has 0 saturated carbocycles. The van der Waals surface area contributed by atoms with Gasteiger partial charge in [-0.1, -0.05) is 0 Å². The number of ether oxygens (including phenoxy) is 1. The molecule has 0 amide bonds. The van der Waals surface area contributed by atoms with Gasteiger partial charge in [0.05, 0.1) is 6.61 Å². The summed E-state index contributed by atoms with van der Waals surface area (Å²) in [5.41, 5.74) is 4.55. The first-order valence-electron chi connectivity index (χ1n) is 5.13. The minimum absolute atomic E-state index is 0.206. The van der Waals surface area contributed by atoms with Crippen molar-refractivity contribution in [2.75, 3.05) is 12.3 Å². The molecule has 4 atom stereocenters. The van der Waals surface area contributed by atoms with Crippen molar-refractivity contribution >= 4 is 5.82 Å². The Kier molecular flexibility index (Phi) is 3.09. The molecule has 0 spiro atoms. The number of hydrogen-bond acceptors (Lipinski definition) is 8. The summed E-state index contributed by atoms with van der Waals surface area (Å²) in [6.45, 7) is -0.643. The van der Waals surface area contributed by atoms with Crippen molar-refractivity contribution in [2.24, 2.45) is 0 Å². The van der Waals surface area contributed by atoms with Crippen molar-refractivity contribution in [2.45, 2.75) is 24.2 Å². The van der Waals surface area contributed by atoms with Gasteiger partial charge in [0.2, 0.25) is 0 Å².